The first kappa shape index (κ1) is 25.2. The first-order valence-electron chi connectivity index (χ1n) is 10.8. The van der Waals surface area contributed by atoms with Gasteiger partial charge in [-0.3, -0.25) is 10.3 Å². The Balaban J connectivity index is 1.60. The fourth-order valence-electron chi connectivity index (χ4n) is 4.03. The number of thioether (sulfide) groups is 1. The van der Waals surface area contributed by atoms with Crippen molar-refractivity contribution in [2.45, 2.75) is 54.1 Å². The molecule has 0 amide bonds. The van der Waals surface area contributed by atoms with Crippen molar-refractivity contribution in [2.75, 3.05) is 20.3 Å². The summed E-state index contributed by atoms with van der Waals surface area (Å²) >= 11 is 7.48. The second-order valence-electron chi connectivity index (χ2n) is 7.73. The van der Waals surface area contributed by atoms with Gasteiger partial charge in [0.15, 0.2) is 6.29 Å². The third-order valence-electron chi connectivity index (χ3n) is 5.59. The van der Waals surface area contributed by atoms with Gasteiger partial charge in [-0.05, 0) is 18.1 Å². The minimum absolute atomic E-state index is 0.246. The summed E-state index contributed by atoms with van der Waals surface area (Å²) in [6.45, 7) is 2.68. The van der Waals surface area contributed by atoms with E-state index in [1.807, 2.05) is 37.3 Å². The zero-order valence-electron chi connectivity index (χ0n) is 18.7. The summed E-state index contributed by atoms with van der Waals surface area (Å²) in [4.78, 5) is 7.97. The van der Waals surface area contributed by atoms with Gasteiger partial charge < -0.3 is 24.1 Å². The van der Waals surface area contributed by atoms with E-state index < -0.39 is 42.3 Å². The summed E-state index contributed by atoms with van der Waals surface area (Å²) in [6.07, 6.45) is -1.82. The number of fused-ring (bicyclic) bond motifs is 1. The number of aliphatic hydroxyl groups is 1. The monoisotopic (exact) mass is 507 g/mol. The molecule has 1 aromatic heterocycles. The molecule has 182 valence electrons. The molecule has 1 aromatic carbocycles. The number of nitrogens with zero attached hydrogens (tertiary/aromatic N) is 4. The predicted octanol–water partition coefficient (Wildman–Crippen LogP) is 3.96. The normalized spacial score (nSPS) is 29.6. The number of benzene rings is 1. The first-order valence-corrected chi connectivity index (χ1v) is 12.1. The average molecular weight is 508 g/mol. The fraction of sp³-hybridized carbons (Fsp3) is 0.500. The SMILES string of the molecule is CCNC(O)c1ncc(Cl)cc1S[C@H]1OC2COC(c3ccccc3)O[C@@H]2C(N=[N+]=[N-])[C@H]1OC. The average Bonchev–Trinajstić information content (AvgIpc) is 2.85. The number of aliphatic hydroxyl groups excluding tert-OH is 1. The Hall–Kier alpha value is -1.92. The van der Waals surface area contributed by atoms with Crippen molar-refractivity contribution in [1.82, 2.24) is 10.3 Å². The lowest BCUT2D eigenvalue weighted by atomic mass is 9.96. The molecule has 0 bridgehead atoms. The van der Waals surface area contributed by atoms with Gasteiger partial charge in [-0.15, -0.1) is 0 Å². The summed E-state index contributed by atoms with van der Waals surface area (Å²) in [7, 11) is 1.53. The summed E-state index contributed by atoms with van der Waals surface area (Å²) in [5, 5.41) is 17.9. The third kappa shape index (κ3) is 5.49. The first-order chi connectivity index (χ1) is 16.5. The summed E-state index contributed by atoms with van der Waals surface area (Å²) in [5.41, 5.74) is 9.96. The number of methoxy groups -OCH3 is 1. The maximum Gasteiger partial charge on any atom is 0.184 e. The molecule has 2 aromatic rings. The Morgan fingerprint density at radius 3 is 2.88 bits per heavy atom. The standard InChI is InChI=1S/C22H26ClN5O5S/c1-3-25-20(29)16-15(9-13(23)10-26-16)34-22-19(30-2)17(27-28-24)18-14(32-22)11-31-21(33-18)12-7-5-4-6-8-12/h4-10,14,17-22,25,29H,3,11H2,1-2H3/t14?,17?,18-,19+,20?,21?,22+/m0/s1. The minimum Gasteiger partial charge on any atom is -0.377 e. The molecule has 0 spiro atoms. The number of pyridine rings is 1. The van der Waals surface area contributed by atoms with Crippen molar-refractivity contribution in [3.8, 4) is 0 Å². The highest BCUT2D eigenvalue weighted by Crippen LogP contribution is 2.42. The summed E-state index contributed by atoms with van der Waals surface area (Å²) in [5.74, 6) is 0. The van der Waals surface area contributed by atoms with E-state index in [0.717, 1.165) is 5.56 Å². The van der Waals surface area contributed by atoms with Crippen molar-refractivity contribution < 1.29 is 24.1 Å². The van der Waals surface area contributed by atoms with E-state index in [4.69, 9.17) is 30.5 Å². The number of hydrogen-bond acceptors (Lipinski definition) is 9. The van der Waals surface area contributed by atoms with Gasteiger partial charge in [0, 0.05) is 28.7 Å². The Morgan fingerprint density at radius 1 is 1.38 bits per heavy atom. The summed E-state index contributed by atoms with van der Waals surface area (Å²) < 4.78 is 24.2. The van der Waals surface area contributed by atoms with Crippen LogP contribution in [0.25, 0.3) is 10.4 Å². The van der Waals surface area contributed by atoms with E-state index in [1.54, 1.807) is 6.07 Å². The van der Waals surface area contributed by atoms with Crippen LogP contribution in [0.15, 0.2) is 52.6 Å². The van der Waals surface area contributed by atoms with Crippen LogP contribution in [0, 0.1) is 0 Å². The molecule has 0 radical (unpaired) electrons. The molecule has 2 N–H and O–H groups in total. The molecular weight excluding hydrogens is 482 g/mol. The van der Waals surface area contributed by atoms with Gasteiger partial charge >= 0.3 is 0 Å². The molecular formula is C22H26ClN5O5S. The highest BCUT2D eigenvalue weighted by Gasteiger charge is 2.50. The molecule has 34 heavy (non-hydrogen) atoms. The number of hydrogen-bond donors (Lipinski definition) is 2. The lowest BCUT2D eigenvalue weighted by Gasteiger charge is -2.47. The van der Waals surface area contributed by atoms with Gasteiger partial charge in [0.25, 0.3) is 0 Å². The number of azide groups is 1. The van der Waals surface area contributed by atoms with Crippen LogP contribution in [0.4, 0.5) is 0 Å². The predicted molar refractivity (Wildman–Crippen MR) is 126 cm³/mol. The molecule has 0 saturated carbocycles. The van der Waals surface area contributed by atoms with Gasteiger partial charge in [-0.2, -0.15) is 0 Å². The number of rotatable bonds is 8. The second kappa shape index (κ2) is 11.7. The van der Waals surface area contributed by atoms with Gasteiger partial charge in [0.2, 0.25) is 0 Å². The Morgan fingerprint density at radius 2 is 2.18 bits per heavy atom. The molecule has 12 heteroatoms. The lowest BCUT2D eigenvalue weighted by Crippen LogP contribution is -2.60. The van der Waals surface area contributed by atoms with E-state index in [1.165, 1.54) is 25.1 Å². The van der Waals surface area contributed by atoms with Crippen LogP contribution in [0.1, 0.15) is 30.7 Å². The molecule has 2 saturated heterocycles. The topological polar surface area (TPSA) is 131 Å². The van der Waals surface area contributed by atoms with Crippen LogP contribution in [-0.2, 0) is 18.9 Å². The van der Waals surface area contributed by atoms with E-state index in [0.29, 0.717) is 22.2 Å². The van der Waals surface area contributed by atoms with E-state index in [-0.39, 0.29) is 6.61 Å². The molecule has 7 atom stereocenters. The van der Waals surface area contributed by atoms with Crippen LogP contribution < -0.4 is 5.32 Å². The van der Waals surface area contributed by atoms with Gasteiger partial charge in [-0.25, -0.2) is 0 Å². The highest BCUT2D eigenvalue weighted by atomic mass is 35.5. The second-order valence-corrected chi connectivity index (χ2v) is 9.31. The molecule has 4 unspecified atom stereocenters. The van der Waals surface area contributed by atoms with E-state index in [9.17, 15) is 10.6 Å². The van der Waals surface area contributed by atoms with Crippen molar-refractivity contribution in [3.05, 3.63) is 69.3 Å². The quantitative estimate of drug-likeness (QED) is 0.237. The van der Waals surface area contributed by atoms with E-state index >= 15 is 0 Å². The molecule has 3 heterocycles. The zero-order valence-corrected chi connectivity index (χ0v) is 20.2. The molecule has 4 rings (SSSR count). The molecule has 10 nitrogen and oxygen atoms in total. The molecule has 2 aliphatic heterocycles. The smallest absolute Gasteiger partial charge is 0.184 e. The van der Waals surface area contributed by atoms with Crippen LogP contribution >= 0.6 is 23.4 Å². The van der Waals surface area contributed by atoms with E-state index in [2.05, 4.69) is 20.3 Å². The molecule has 2 aliphatic rings. The van der Waals surface area contributed by atoms with Crippen molar-refractivity contribution in [1.29, 1.82) is 0 Å². The number of halogens is 1. The Labute approximate surface area is 206 Å². The number of nitrogens with one attached hydrogen (secondary N) is 1. The zero-order chi connectivity index (χ0) is 24.1. The third-order valence-corrected chi connectivity index (χ3v) is 6.99. The van der Waals surface area contributed by atoms with Crippen molar-refractivity contribution >= 4 is 23.4 Å². The Bertz CT molecular complexity index is 1010. The fourth-order valence-corrected chi connectivity index (χ4v) is 5.59. The van der Waals surface area contributed by atoms with Gasteiger partial charge in [-0.1, -0.05) is 65.7 Å². The molecule has 2 fully saturated rings. The van der Waals surface area contributed by atoms with Crippen molar-refractivity contribution in [2.24, 2.45) is 5.11 Å². The van der Waals surface area contributed by atoms with Crippen LogP contribution in [0.3, 0.4) is 0 Å². The largest absolute Gasteiger partial charge is 0.377 e. The Kier molecular flexibility index (Phi) is 8.65. The number of aromatic nitrogens is 1. The van der Waals surface area contributed by atoms with Crippen molar-refractivity contribution in [3.63, 3.8) is 0 Å². The number of ether oxygens (including phenoxy) is 4. The maximum absolute atomic E-state index is 10.5. The van der Waals surface area contributed by atoms with Crippen LogP contribution in [0.5, 0.6) is 0 Å². The molecule has 0 aliphatic carbocycles. The highest BCUT2D eigenvalue weighted by molar-refractivity contribution is 7.99. The van der Waals surface area contributed by atoms with Gasteiger partial charge in [0.1, 0.15) is 30.0 Å². The maximum atomic E-state index is 10.5. The van der Waals surface area contributed by atoms with Crippen LogP contribution in [-0.4, -0.2) is 60.1 Å². The minimum atomic E-state index is -0.983. The lowest BCUT2D eigenvalue weighted by molar-refractivity contribution is -0.298. The van der Waals surface area contributed by atoms with Crippen LogP contribution in [0.2, 0.25) is 5.02 Å². The van der Waals surface area contributed by atoms with Gasteiger partial charge in [0.05, 0.1) is 23.4 Å². The summed E-state index contributed by atoms with van der Waals surface area (Å²) in [6, 6.07) is 10.6.